The molecular formula is C12H16FN3O2. The Morgan fingerprint density at radius 2 is 2.39 bits per heavy atom. The summed E-state index contributed by atoms with van der Waals surface area (Å²) < 4.78 is 18.3. The summed E-state index contributed by atoms with van der Waals surface area (Å²) in [6.07, 6.45) is 0. The zero-order chi connectivity index (χ0) is 13.1. The number of hydrogen-bond acceptors (Lipinski definition) is 4. The molecule has 6 heteroatoms. The van der Waals surface area contributed by atoms with Gasteiger partial charge in [0.2, 0.25) is 5.91 Å². The molecule has 1 atom stereocenters. The Labute approximate surface area is 105 Å². The molecule has 2 rings (SSSR count). The summed E-state index contributed by atoms with van der Waals surface area (Å²) in [6.45, 7) is 1.37. The maximum Gasteiger partial charge on any atom is 0.244 e. The first-order valence-electron chi connectivity index (χ1n) is 5.74. The van der Waals surface area contributed by atoms with E-state index in [1.54, 1.807) is 13.1 Å². The van der Waals surface area contributed by atoms with Gasteiger partial charge in [0, 0.05) is 13.6 Å². The Kier molecular flexibility index (Phi) is 3.66. The van der Waals surface area contributed by atoms with Gasteiger partial charge in [-0.1, -0.05) is 0 Å². The van der Waals surface area contributed by atoms with Crippen molar-refractivity contribution in [3.63, 3.8) is 0 Å². The van der Waals surface area contributed by atoms with Crippen molar-refractivity contribution in [2.24, 2.45) is 0 Å². The smallest absolute Gasteiger partial charge is 0.244 e. The molecule has 0 saturated carbocycles. The van der Waals surface area contributed by atoms with Crippen molar-refractivity contribution in [2.75, 3.05) is 37.4 Å². The summed E-state index contributed by atoms with van der Waals surface area (Å²) in [5.41, 5.74) is 6.79. The number of carbonyl (C=O) groups is 1. The lowest BCUT2D eigenvalue weighted by atomic mass is 10.1. The van der Waals surface area contributed by atoms with Crippen molar-refractivity contribution in [1.82, 2.24) is 5.32 Å². The lowest BCUT2D eigenvalue weighted by molar-refractivity contribution is -0.124. The molecule has 1 saturated heterocycles. The highest BCUT2D eigenvalue weighted by atomic mass is 19.1. The number of hydrogen-bond donors (Lipinski definition) is 2. The van der Waals surface area contributed by atoms with Crippen LogP contribution in [0.3, 0.4) is 0 Å². The highest BCUT2D eigenvalue weighted by molar-refractivity contribution is 5.86. The van der Waals surface area contributed by atoms with Crippen LogP contribution >= 0.6 is 0 Å². The summed E-state index contributed by atoms with van der Waals surface area (Å²) in [5.74, 6) is -0.528. The van der Waals surface area contributed by atoms with Gasteiger partial charge in [-0.05, 0) is 18.2 Å². The fraction of sp³-hybridized carbons (Fsp3) is 0.417. The quantitative estimate of drug-likeness (QED) is 0.747. The summed E-state index contributed by atoms with van der Waals surface area (Å²) in [4.78, 5) is 13.6. The summed E-state index contributed by atoms with van der Waals surface area (Å²) in [7, 11) is 1.57. The first kappa shape index (κ1) is 12.6. The third-order valence-corrected chi connectivity index (χ3v) is 2.98. The van der Waals surface area contributed by atoms with Crippen LogP contribution in [-0.4, -0.2) is 38.8 Å². The second-order valence-corrected chi connectivity index (χ2v) is 4.10. The molecule has 18 heavy (non-hydrogen) atoms. The third-order valence-electron chi connectivity index (χ3n) is 2.98. The first-order valence-corrected chi connectivity index (χ1v) is 5.74. The number of carbonyl (C=O) groups excluding carboxylic acids is 1. The van der Waals surface area contributed by atoms with Crippen LogP contribution in [-0.2, 0) is 9.53 Å². The van der Waals surface area contributed by atoms with Gasteiger partial charge in [0.15, 0.2) is 0 Å². The molecule has 0 spiro atoms. The maximum atomic E-state index is 13.0. The Morgan fingerprint density at radius 1 is 1.61 bits per heavy atom. The predicted octanol–water partition coefficient (Wildman–Crippen LogP) is 0.359. The highest BCUT2D eigenvalue weighted by Crippen LogP contribution is 2.27. The van der Waals surface area contributed by atoms with Gasteiger partial charge in [0.05, 0.1) is 24.6 Å². The number of halogens is 1. The van der Waals surface area contributed by atoms with Gasteiger partial charge < -0.3 is 20.7 Å². The molecule has 0 aromatic heterocycles. The topological polar surface area (TPSA) is 67.6 Å². The van der Waals surface area contributed by atoms with Gasteiger partial charge in [0.1, 0.15) is 11.9 Å². The van der Waals surface area contributed by atoms with Crippen molar-refractivity contribution >= 4 is 17.3 Å². The SMILES string of the molecule is CNC(=O)C1COCCN1c1ccc(F)cc1N. The molecule has 98 valence electrons. The number of ether oxygens (including phenoxy) is 1. The number of rotatable bonds is 2. The number of nitrogens with two attached hydrogens (primary N) is 1. The Bertz CT molecular complexity index is 453. The van der Waals surface area contributed by atoms with E-state index in [2.05, 4.69) is 5.32 Å². The second kappa shape index (κ2) is 5.22. The number of anilines is 2. The van der Waals surface area contributed by atoms with E-state index in [-0.39, 0.29) is 11.7 Å². The maximum absolute atomic E-state index is 13.0. The first-order chi connectivity index (χ1) is 8.63. The minimum Gasteiger partial charge on any atom is -0.397 e. The zero-order valence-corrected chi connectivity index (χ0v) is 10.1. The van der Waals surface area contributed by atoms with Gasteiger partial charge in [-0.25, -0.2) is 4.39 Å². The predicted molar refractivity (Wildman–Crippen MR) is 66.8 cm³/mol. The molecule has 1 aromatic rings. The van der Waals surface area contributed by atoms with Crippen LogP contribution in [0.25, 0.3) is 0 Å². The van der Waals surface area contributed by atoms with E-state index in [1.165, 1.54) is 12.1 Å². The average molecular weight is 253 g/mol. The molecule has 0 radical (unpaired) electrons. The second-order valence-electron chi connectivity index (χ2n) is 4.10. The summed E-state index contributed by atoms with van der Waals surface area (Å²) in [6, 6.07) is 3.75. The molecule has 0 bridgehead atoms. The molecule has 3 N–H and O–H groups in total. The standard InChI is InChI=1S/C12H16FN3O2/c1-15-12(17)11-7-18-5-4-16(11)10-3-2-8(13)6-9(10)14/h2-3,6,11H,4-5,7,14H2,1H3,(H,15,17). The van der Waals surface area contributed by atoms with Gasteiger partial charge in [-0.3, -0.25) is 4.79 Å². The fourth-order valence-corrected chi connectivity index (χ4v) is 2.06. The van der Waals surface area contributed by atoms with Gasteiger partial charge in [0.25, 0.3) is 0 Å². The van der Waals surface area contributed by atoms with E-state index in [0.29, 0.717) is 31.1 Å². The van der Waals surface area contributed by atoms with Crippen LogP contribution in [0.15, 0.2) is 18.2 Å². The minimum atomic E-state index is -0.434. The molecule has 1 aliphatic rings. The molecule has 1 aromatic carbocycles. The van der Waals surface area contributed by atoms with Crippen molar-refractivity contribution in [1.29, 1.82) is 0 Å². The van der Waals surface area contributed by atoms with Gasteiger partial charge >= 0.3 is 0 Å². The Hall–Kier alpha value is -1.82. The third kappa shape index (κ3) is 2.38. The number of morpholine rings is 1. The average Bonchev–Trinajstić information content (AvgIpc) is 2.38. The van der Waals surface area contributed by atoms with E-state index >= 15 is 0 Å². The fourth-order valence-electron chi connectivity index (χ4n) is 2.06. The molecule has 1 aliphatic heterocycles. The number of nitrogens with zero attached hydrogens (tertiary/aromatic N) is 1. The molecule has 1 heterocycles. The summed E-state index contributed by atoms with van der Waals surface area (Å²) in [5, 5.41) is 2.59. The highest BCUT2D eigenvalue weighted by Gasteiger charge is 2.29. The Balaban J connectivity index is 2.30. The lowest BCUT2D eigenvalue weighted by Crippen LogP contribution is -2.53. The lowest BCUT2D eigenvalue weighted by Gasteiger charge is -2.36. The molecule has 0 aliphatic carbocycles. The number of likely N-dealkylation sites (N-methyl/N-ethyl adjacent to an activating group) is 1. The van der Waals surface area contributed by atoms with Crippen molar-refractivity contribution < 1.29 is 13.9 Å². The zero-order valence-electron chi connectivity index (χ0n) is 10.1. The molecule has 1 unspecified atom stereocenters. The number of benzene rings is 1. The monoisotopic (exact) mass is 253 g/mol. The molecular weight excluding hydrogens is 237 g/mol. The van der Waals surface area contributed by atoms with E-state index in [0.717, 1.165) is 0 Å². The van der Waals surface area contributed by atoms with Crippen LogP contribution in [0.4, 0.5) is 15.8 Å². The molecule has 1 amide bonds. The van der Waals surface area contributed by atoms with Crippen LogP contribution in [0.5, 0.6) is 0 Å². The number of amides is 1. The van der Waals surface area contributed by atoms with E-state index in [9.17, 15) is 9.18 Å². The Morgan fingerprint density at radius 3 is 3.06 bits per heavy atom. The minimum absolute atomic E-state index is 0.140. The van der Waals surface area contributed by atoms with Gasteiger partial charge in [-0.2, -0.15) is 0 Å². The van der Waals surface area contributed by atoms with Crippen molar-refractivity contribution in [3.05, 3.63) is 24.0 Å². The van der Waals surface area contributed by atoms with Crippen LogP contribution in [0, 0.1) is 5.82 Å². The summed E-state index contributed by atoms with van der Waals surface area (Å²) >= 11 is 0. The molecule has 1 fully saturated rings. The van der Waals surface area contributed by atoms with Crippen LogP contribution in [0.2, 0.25) is 0 Å². The number of nitrogen functional groups attached to an aromatic ring is 1. The van der Waals surface area contributed by atoms with Crippen molar-refractivity contribution in [2.45, 2.75) is 6.04 Å². The van der Waals surface area contributed by atoms with Crippen molar-refractivity contribution in [3.8, 4) is 0 Å². The van der Waals surface area contributed by atoms with Crippen LogP contribution < -0.4 is 16.0 Å². The number of nitrogens with one attached hydrogen (secondary N) is 1. The largest absolute Gasteiger partial charge is 0.397 e. The van der Waals surface area contributed by atoms with Gasteiger partial charge in [-0.15, -0.1) is 0 Å². The van der Waals surface area contributed by atoms with E-state index in [1.807, 2.05) is 4.90 Å². The molecule has 5 nitrogen and oxygen atoms in total. The van der Waals surface area contributed by atoms with Crippen LogP contribution in [0.1, 0.15) is 0 Å². The van der Waals surface area contributed by atoms with E-state index in [4.69, 9.17) is 10.5 Å². The van der Waals surface area contributed by atoms with E-state index < -0.39 is 6.04 Å². The normalized spacial score (nSPS) is 19.7.